The quantitative estimate of drug-likeness (QED) is 0.457. The Bertz CT molecular complexity index is 1100. The molecule has 0 aliphatic carbocycles. The lowest BCUT2D eigenvalue weighted by Crippen LogP contribution is -2.49. The maximum atomic E-state index is 12.6. The summed E-state index contributed by atoms with van der Waals surface area (Å²) < 4.78 is 35.5. The molecule has 0 amide bonds. The van der Waals surface area contributed by atoms with Crippen molar-refractivity contribution in [3.63, 3.8) is 0 Å². The zero-order valence-corrected chi connectivity index (χ0v) is 20.7. The smallest absolute Gasteiger partial charge is 0.275 e. The average Bonchev–Trinajstić information content (AvgIpc) is 2.79. The van der Waals surface area contributed by atoms with Crippen molar-refractivity contribution in [3.8, 4) is 0 Å². The molecule has 2 aromatic rings. The third-order valence-electron chi connectivity index (χ3n) is 6.05. The number of amidine groups is 1. The topological polar surface area (TPSA) is 73.2 Å². The van der Waals surface area contributed by atoms with Crippen molar-refractivity contribution in [3.05, 3.63) is 60.8 Å². The summed E-state index contributed by atoms with van der Waals surface area (Å²) in [6.45, 7) is 5.33. The highest BCUT2D eigenvalue weighted by Gasteiger charge is 2.36. The third kappa shape index (κ3) is 5.13. The van der Waals surface area contributed by atoms with Gasteiger partial charge in [0.05, 0.1) is 17.4 Å². The van der Waals surface area contributed by atoms with Crippen LogP contribution in [-0.2, 0) is 10.1 Å². The standard InChI is InChI=1S/C25H31N3O3S2/c1-3-9-19-14-16-26-25(27(19)17-4-2)24(33(29,30)31)15-18-28-20-10-5-7-12-22(20)32-23-13-8-6-11-21(23)28/h5-8,10-14,16,19,24H,3-4,9,15,17-18H2,1-2H3,(H,29,30,31). The maximum Gasteiger partial charge on any atom is 0.275 e. The monoisotopic (exact) mass is 485 g/mol. The van der Waals surface area contributed by atoms with E-state index in [2.05, 4.69) is 52.9 Å². The molecular weight excluding hydrogens is 454 g/mol. The van der Waals surface area contributed by atoms with Crippen molar-refractivity contribution in [1.82, 2.24) is 4.90 Å². The van der Waals surface area contributed by atoms with Gasteiger partial charge in [-0.15, -0.1) is 0 Å². The van der Waals surface area contributed by atoms with E-state index in [1.807, 2.05) is 30.3 Å². The Balaban J connectivity index is 1.65. The first-order chi connectivity index (χ1) is 15.9. The number of anilines is 2. The fourth-order valence-electron chi connectivity index (χ4n) is 4.58. The van der Waals surface area contributed by atoms with Crippen LogP contribution < -0.4 is 4.90 Å². The summed E-state index contributed by atoms with van der Waals surface area (Å²) in [6, 6.07) is 16.4. The van der Waals surface area contributed by atoms with Gasteiger partial charge in [-0.2, -0.15) is 8.42 Å². The fourth-order valence-corrected chi connectivity index (χ4v) is 6.55. The van der Waals surface area contributed by atoms with Crippen LogP contribution in [0.25, 0.3) is 0 Å². The minimum absolute atomic E-state index is 0.0968. The zero-order valence-electron chi connectivity index (χ0n) is 19.1. The molecule has 0 aromatic heterocycles. The molecule has 0 bridgehead atoms. The Labute approximate surface area is 201 Å². The lowest BCUT2D eigenvalue weighted by molar-refractivity contribution is 0.326. The summed E-state index contributed by atoms with van der Waals surface area (Å²) in [5.74, 6) is 0.452. The van der Waals surface area contributed by atoms with Gasteiger partial charge in [0.15, 0.2) is 0 Å². The van der Waals surface area contributed by atoms with Gasteiger partial charge in [-0.1, -0.05) is 56.3 Å². The fraction of sp³-hybridized carbons (Fsp3) is 0.400. The largest absolute Gasteiger partial charge is 0.352 e. The molecule has 1 N–H and O–H groups in total. The molecule has 2 aromatic carbocycles. The first kappa shape index (κ1) is 23.9. The molecule has 0 fully saturated rings. The van der Waals surface area contributed by atoms with Crippen molar-refractivity contribution in [1.29, 1.82) is 0 Å². The first-order valence-corrected chi connectivity index (χ1v) is 13.9. The molecule has 2 atom stereocenters. The van der Waals surface area contributed by atoms with E-state index in [1.54, 1.807) is 18.0 Å². The lowest BCUT2D eigenvalue weighted by Gasteiger charge is -2.38. The predicted molar refractivity (Wildman–Crippen MR) is 136 cm³/mol. The molecule has 2 aliphatic rings. The number of para-hydroxylation sites is 2. The van der Waals surface area contributed by atoms with Crippen LogP contribution in [0.2, 0.25) is 0 Å². The van der Waals surface area contributed by atoms with Gasteiger partial charge in [-0.05, 0) is 49.6 Å². The second-order valence-corrected chi connectivity index (χ2v) is 11.0. The van der Waals surface area contributed by atoms with Crippen LogP contribution in [0.15, 0.2) is 75.6 Å². The zero-order chi connectivity index (χ0) is 23.4. The highest BCUT2D eigenvalue weighted by atomic mass is 32.2. The highest BCUT2D eigenvalue weighted by Crippen LogP contribution is 2.47. The Morgan fingerprint density at radius 3 is 2.21 bits per heavy atom. The molecule has 0 radical (unpaired) electrons. The minimum atomic E-state index is -4.35. The Kier molecular flexibility index (Phi) is 7.46. The number of hydrogen-bond acceptors (Lipinski definition) is 6. The molecule has 0 saturated carbocycles. The van der Waals surface area contributed by atoms with Crippen LogP contribution in [0.4, 0.5) is 11.4 Å². The number of nitrogens with zero attached hydrogens (tertiary/aromatic N) is 3. The Hall–Kier alpha value is -2.29. The van der Waals surface area contributed by atoms with Crippen LogP contribution in [0, 0.1) is 0 Å². The summed E-state index contributed by atoms with van der Waals surface area (Å²) in [4.78, 5) is 11.0. The van der Waals surface area contributed by atoms with E-state index in [0.717, 1.165) is 40.4 Å². The summed E-state index contributed by atoms with van der Waals surface area (Å²) in [7, 11) is -4.35. The van der Waals surface area contributed by atoms with Crippen molar-refractivity contribution in [2.45, 2.75) is 60.6 Å². The molecule has 0 spiro atoms. The van der Waals surface area contributed by atoms with Crippen molar-refractivity contribution in [2.75, 3.05) is 18.0 Å². The van der Waals surface area contributed by atoms with Crippen molar-refractivity contribution >= 4 is 39.1 Å². The van der Waals surface area contributed by atoms with Crippen LogP contribution in [0.5, 0.6) is 0 Å². The van der Waals surface area contributed by atoms with Gasteiger partial charge in [-0.25, -0.2) is 4.99 Å². The SMILES string of the molecule is CCCC1C=CN=C(C(CCN2c3ccccc3Sc3ccccc32)S(=O)(=O)O)N1CCC. The average molecular weight is 486 g/mol. The third-order valence-corrected chi connectivity index (χ3v) is 8.35. The van der Waals surface area contributed by atoms with Gasteiger partial charge in [-0.3, -0.25) is 4.55 Å². The lowest BCUT2D eigenvalue weighted by atomic mass is 10.1. The molecule has 2 heterocycles. The molecule has 176 valence electrons. The summed E-state index contributed by atoms with van der Waals surface area (Å²) in [5, 5.41) is -1.08. The van der Waals surface area contributed by atoms with Crippen LogP contribution in [0.1, 0.15) is 39.5 Å². The van der Waals surface area contributed by atoms with Crippen LogP contribution in [0.3, 0.4) is 0 Å². The molecule has 2 aliphatic heterocycles. The minimum Gasteiger partial charge on any atom is -0.352 e. The van der Waals surface area contributed by atoms with E-state index in [4.69, 9.17) is 0 Å². The van der Waals surface area contributed by atoms with Crippen LogP contribution in [-0.4, -0.2) is 48.1 Å². The van der Waals surface area contributed by atoms with E-state index >= 15 is 0 Å². The molecule has 0 saturated heterocycles. The van der Waals surface area contributed by atoms with Gasteiger partial charge in [0.25, 0.3) is 10.1 Å². The highest BCUT2D eigenvalue weighted by molar-refractivity contribution is 7.99. The van der Waals surface area contributed by atoms with Gasteiger partial charge in [0, 0.05) is 29.1 Å². The van der Waals surface area contributed by atoms with Gasteiger partial charge >= 0.3 is 0 Å². The second-order valence-electron chi connectivity index (χ2n) is 8.36. The number of hydrogen-bond donors (Lipinski definition) is 1. The molecule has 8 heteroatoms. The van der Waals surface area contributed by atoms with E-state index in [-0.39, 0.29) is 12.5 Å². The predicted octanol–water partition coefficient (Wildman–Crippen LogP) is 5.74. The Morgan fingerprint density at radius 2 is 1.64 bits per heavy atom. The second kappa shape index (κ2) is 10.3. The summed E-state index contributed by atoms with van der Waals surface area (Å²) >= 11 is 1.72. The van der Waals surface area contributed by atoms with E-state index in [1.165, 1.54) is 0 Å². The molecule has 6 nitrogen and oxygen atoms in total. The van der Waals surface area contributed by atoms with Gasteiger partial charge < -0.3 is 9.80 Å². The van der Waals surface area contributed by atoms with Gasteiger partial charge in [0.2, 0.25) is 0 Å². The summed E-state index contributed by atoms with van der Waals surface area (Å²) in [5.41, 5.74) is 2.10. The first-order valence-electron chi connectivity index (χ1n) is 11.5. The molecular formula is C25H31N3O3S2. The maximum absolute atomic E-state index is 12.6. The number of aliphatic imine (C=N–C) groups is 1. The summed E-state index contributed by atoms with van der Waals surface area (Å²) in [6.07, 6.45) is 6.73. The van der Waals surface area contributed by atoms with Crippen LogP contribution >= 0.6 is 11.8 Å². The molecule has 2 unspecified atom stereocenters. The molecule has 4 rings (SSSR count). The number of rotatable bonds is 9. The normalized spacial score (nSPS) is 18.5. The van der Waals surface area contributed by atoms with Crippen molar-refractivity contribution < 1.29 is 13.0 Å². The van der Waals surface area contributed by atoms with E-state index in [9.17, 15) is 13.0 Å². The van der Waals surface area contributed by atoms with Crippen molar-refractivity contribution in [2.24, 2.45) is 4.99 Å². The van der Waals surface area contributed by atoms with E-state index < -0.39 is 15.4 Å². The number of fused-ring (bicyclic) bond motifs is 2. The Morgan fingerprint density at radius 1 is 1.00 bits per heavy atom. The number of benzene rings is 2. The van der Waals surface area contributed by atoms with E-state index in [0.29, 0.717) is 18.9 Å². The molecule has 33 heavy (non-hydrogen) atoms. The van der Waals surface area contributed by atoms with Gasteiger partial charge in [0.1, 0.15) is 11.1 Å².